The summed E-state index contributed by atoms with van der Waals surface area (Å²) in [5.74, 6) is 0. The van der Waals surface area contributed by atoms with Crippen LogP contribution in [0, 0.1) is 13.8 Å². The number of hydrogen-bond acceptors (Lipinski definition) is 2. The van der Waals surface area contributed by atoms with Crippen molar-refractivity contribution in [3.05, 3.63) is 166 Å². The second kappa shape index (κ2) is 16.2. The molecule has 4 aromatic carbocycles. The molecule has 2 aliphatic heterocycles. The van der Waals surface area contributed by atoms with Crippen LogP contribution in [0.2, 0.25) is 0 Å². The zero-order valence-corrected chi connectivity index (χ0v) is 34.8. The van der Waals surface area contributed by atoms with Crippen molar-refractivity contribution in [3.8, 4) is 0 Å². The summed E-state index contributed by atoms with van der Waals surface area (Å²) in [7, 11) is -8.55. The number of halogens is 6. The van der Waals surface area contributed by atoms with Crippen molar-refractivity contribution >= 4 is 36.6 Å². The van der Waals surface area contributed by atoms with E-state index in [-0.39, 0.29) is 15.5 Å². The van der Waals surface area contributed by atoms with Gasteiger partial charge in [-0.15, -0.1) is 0 Å². The summed E-state index contributed by atoms with van der Waals surface area (Å²) in [6, 6.07) is 35.6. The average Bonchev–Trinajstić information content (AvgIpc) is 3.70. The molecule has 7 rings (SSSR count). The summed E-state index contributed by atoms with van der Waals surface area (Å²) in [5.41, 5.74) is 17.0. The molecule has 0 saturated heterocycles. The van der Waals surface area contributed by atoms with E-state index in [1.165, 1.54) is 73.3 Å². The van der Waals surface area contributed by atoms with Gasteiger partial charge in [0.05, 0.1) is 0 Å². The molecule has 0 spiro atoms. The summed E-state index contributed by atoms with van der Waals surface area (Å²) >= 11 is 0. The van der Waals surface area contributed by atoms with E-state index in [0.717, 1.165) is 25.9 Å². The van der Waals surface area contributed by atoms with E-state index in [2.05, 4.69) is 191 Å². The molecule has 0 radical (unpaired) electrons. The van der Waals surface area contributed by atoms with Crippen LogP contribution in [0.25, 0.3) is 0 Å². The van der Waals surface area contributed by atoms with Gasteiger partial charge in [0.15, 0.2) is 0 Å². The molecule has 0 bridgehead atoms. The summed E-state index contributed by atoms with van der Waals surface area (Å²) in [6.07, 6.45) is 11.7. The number of anilines is 2. The monoisotopic (exact) mass is 803 g/mol. The maximum absolute atomic E-state index is 9.84. The first-order chi connectivity index (χ1) is 26.3. The Labute approximate surface area is 334 Å². The second-order valence-electron chi connectivity index (χ2n) is 15.8. The topological polar surface area (TPSA) is 9.49 Å². The first-order valence-corrected chi connectivity index (χ1v) is 21.0. The zero-order chi connectivity index (χ0) is 40.7. The number of nitrogens with zero attached hydrogens (tertiary/aromatic N) is 3. The summed E-state index contributed by atoms with van der Waals surface area (Å²) in [5, 5.41) is 0. The van der Waals surface area contributed by atoms with E-state index in [1.807, 2.05) is 0 Å². The quantitative estimate of drug-likeness (QED) is 0.109. The van der Waals surface area contributed by atoms with Crippen molar-refractivity contribution in [2.45, 2.75) is 79.1 Å². The fourth-order valence-electron chi connectivity index (χ4n) is 8.50. The second-order valence-corrected chi connectivity index (χ2v) is 17.0. The largest absolute Gasteiger partial charge is 1.00 e. The van der Waals surface area contributed by atoms with Crippen LogP contribution in [0.4, 0.5) is 43.7 Å². The van der Waals surface area contributed by atoms with E-state index >= 15 is 0 Å². The number of para-hydroxylation sites is 2. The molecule has 4 aromatic rings. The van der Waals surface area contributed by atoms with Crippen molar-refractivity contribution < 1.29 is 25.7 Å². The number of hydrogen-bond donors (Lipinski definition) is 0. The molecule has 1 saturated carbocycles. The van der Waals surface area contributed by atoms with Crippen LogP contribution in [0.15, 0.2) is 144 Å². The van der Waals surface area contributed by atoms with Gasteiger partial charge in [-0.2, -0.15) is 4.58 Å². The number of fused-ring (bicyclic) bond motifs is 2. The number of aryl methyl sites for hydroxylation is 2. The third-order valence-electron chi connectivity index (χ3n) is 11.1. The third-order valence-corrected chi connectivity index (χ3v) is 11.1. The number of allylic oxidation sites excluding steroid dienone is 8. The van der Waals surface area contributed by atoms with Crippen LogP contribution in [0.1, 0.15) is 76.6 Å². The Morgan fingerprint density at radius 3 is 1.26 bits per heavy atom. The van der Waals surface area contributed by atoms with Crippen molar-refractivity contribution in [3.63, 3.8) is 0 Å². The summed E-state index contributed by atoms with van der Waals surface area (Å²) in [4.78, 5) is 5.02. The van der Waals surface area contributed by atoms with Gasteiger partial charge in [-0.3, -0.25) is 0 Å². The zero-order valence-electron chi connectivity index (χ0n) is 33.9. The SMILES string of the molecule is CCN1C(=CC=C2CC/C(=C\C=C3\N(CC)c4ccc(C)cc4C3(C)C)C2=[N+](c2ccccc2)c2ccccc2)C(C)(C)c2cc(C)ccc21.FP(F)(F)(F)F.[F-]. The standard InChI is InChI=1S/C47H52N3.F5P.FH/c1-9-48-41-27-21-33(3)31-39(41)46(5,6)43(48)29-25-35-23-24-36(45(35)50(37-17-13-11-14-18-37)38-19-15-12-16-20-38)26-30-44-47(7,8)40-32-34(4)22-28-42(40)49(44)10-2;1-6(2,3,4)5;/h11-22,25-32H,9-10,23-24H2,1-8H3;;1H/q+1;;/p-1. The van der Waals surface area contributed by atoms with Crippen LogP contribution in [0.3, 0.4) is 0 Å². The van der Waals surface area contributed by atoms with E-state index in [1.54, 1.807) is 0 Å². The molecule has 0 amide bonds. The fourth-order valence-corrected chi connectivity index (χ4v) is 8.50. The molecule has 302 valence electrons. The number of likely N-dealkylation sites (N-methyl/N-ethyl adjacent to an activating group) is 2. The van der Waals surface area contributed by atoms with Gasteiger partial charge in [0, 0.05) is 82.1 Å². The molecule has 0 atom stereocenters. The van der Waals surface area contributed by atoms with Gasteiger partial charge in [0.1, 0.15) is 0 Å². The van der Waals surface area contributed by atoms with Gasteiger partial charge >= 0.3 is 29.1 Å². The molecule has 3 aliphatic rings. The fraction of sp³-hybridized carbons (Fsp3) is 0.298. The Morgan fingerprint density at radius 2 is 0.930 bits per heavy atom. The molecular formula is C47H52F6N3P. The van der Waals surface area contributed by atoms with Crippen molar-refractivity contribution in [2.24, 2.45) is 0 Å². The smallest absolute Gasteiger partial charge is 1.00 e. The van der Waals surface area contributed by atoms with Crippen molar-refractivity contribution in [2.75, 3.05) is 22.9 Å². The van der Waals surface area contributed by atoms with Crippen molar-refractivity contribution in [1.82, 2.24) is 4.58 Å². The Morgan fingerprint density at radius 1 is 0.579 bits per heavy atom. The van der Waals surface area contributed by atoms with Gasteiger partial charge in [-0.1, -0.05) is 112 Å². The van der Waals surface area contributed by atoms with Crippen LogP contribution >= 0.6 is 8.16 Å². The first-order valence-electron chi connectivity index (χ1n) is 19.3. The van der Waals surface area contributed by atoms with Crippen LogP contribution in [-0.2, 0) is 10.8 Å². The Hall–Kier alpha value is -4.88. The maximum Gasteiger partial charge on any atom is -1.00 e. The minimum absolute atomic E-state index is 0. The summed E-state index contributed by atoms with van der Waals surface area (Å²) < 4.78 is 51.7. The van der Waals surface area contributed by atoms with Gasteiger partial charge in [-0.25, -0.2) is 0 Å². The molecular weight excluding hydrogens is 752 g/mol. The third kappa shape index (κ3) is 9.15. The molecule has 1 fully saturated rings. The number of rotatable bonds is 6. The van der Waals surface area contributed by atoms with Crippen LogP contribution < -0.4 is 19.1 Å². The van der Waals surface area contributed by atoms with Gasteiger partial charge in [-0.05, 0) is 75.9 Å². The Bertz CT molecular complexity index is 2110. The maximum atomic E-state index is 9.84. The Kier molecular flexibility index (Phi) is 12.3. The normalized spacial score (nSPS) is 20.2. The van der Waals surface area contributed by atoms with E-state index < -0.39 is 8.16 Å². The predicted molar refractivity (Wildman–Crippen MR) is 228 cm³/mol. The van der Waals surface area contributed by atoms with Gasteiger partial charge in [0.25, 0.3) is 0 Å². The molecule has 0 N–H and O–H groups in total. The molecule has 3 nitrogen and oxygen atoms in total. The minimum Gasteiger partial charge on any atom is -1.00 e. The molecule has 10 heteroatoms. The molecule has 0 aromatic heterocycles. The van der Waals surface area contributed by atoms with E-state index in [9.17, 15) is 21.0 Å². The molecule has 0 unspecified atom stereocenters. The van der Waals surface area contributed by atoms with Crippen LogP contribution in [0.5, 0.6) is 0 Å². The summed E-state index contributed by atoms with van der Waals surface area (Å²) in [6.45, 7) is 20.3. The predicted octanol–water partition coefficient (Wildman–Crippen LogP) is 11.6. The van der Waals surface area contributed by atoms with Crippen molar-refractivity contribution in [1.29, 1.82) is 0 Å². The van der Waals surface area contributed by atoms with Gasteiger partial charge in [0.2, 0.25) is 17.1 Å². The Balaban J connectivity index is 0.000000823. The number of benzene rings is 4. The molecule has 1 aliphatic carbocycles. The molecule has 2 heterocycles. The van der Waals surface area contributed by atoms with E-state index in [0.29, 0.717) is 0 Å². The molecule has 57 heavy (non-hydrogen) atoms. The first kappa shape index (κ1) is 43.2. The van der Waals surface area contributed by atoms with E-state index in [4.69, 9.17) is 0 Å². The van der Waals surface area contributed by atoms with Crippen LogP contribution in [-0.4, -0.2) is 18.8 Å². The average molecular weight is 804 g/mol. The van der Waals surface area contributed by atoms with Gasteiger partial charge < -0.3 is 14.5 Å². The minimum atomic E-state index is -8.55.